The molecule has 1 aromatic heterocycles. The lowest BCUT2D eigenvalue weighted by Gasteiger charge is -2.09. The van der Waals surface area contributed by atoms with E-state index in [0.717, 1.165) is 16.2 Å². The molecule has 0 fully saturated rings. The van der Waals surface area contributed by atoms with E-state index in [2.05, 4.69) is 37.9 Å². The summed E-state index contributed by atoms with van der Waals surface area (Å²) in [4.78, 5) is 7.82. The molecule has 22 heavy (non-hydrogen) atoms. The number of benzene rings is 1. The van der Waals surface area contributed by atoms with Crippen molar-refractivity contribution in [3.8, 4) is 6.01 Å². The van der Waals surface area contributed by atoms with Gasteiger partial charge in [-0.05, 0) is 18.1 Å². The molecule has 1 heterocycles. The fraction of sp³-hybridized carbons (Fsp3) is 0.333. The fourth-order valence-corrected chi connectivity index (χ4v) is 2.15. The SMILES string of the molecule is CCOCNc1nc(OCc2ccc(CI)cc2)ncc1F. The van der Waals surface area contributed by atoms with Gasteiger partial charge >= 0.3 is 6.01 Å². The Balaban J connectivity index is 1.95. The first-order valence-corrected chi connectivity index (χ1v) is 8.36. The standard InChI is InChI=1S/C15H17FIN3O2/c1-2-21-10-19-14-13(16)8-18-15(20-14)22-9-12-5-3-11(7-17)4-6-12/h3-6,8H,2,7,9-10H2,1H3,(H,18,19,20). The second kappa shape index (κ2) is 8.84. The van der Waals surface area contributed by atoms with Gasteiger partial charge in [-0.15, -0.1) is 0 Å². The maximum atomic E-state index is 13.5. The Morgan fingerprint density at radius 1 is 1.23 bits per heavy atom. The van der Waals surface area contributed by atoms with Crippen LogP contribution in [0.15, 0.2) is 30.5 Å². The monoisotopic (exact) mass is 417 g/mol. The van der Waals surface area contributed by atoms with Crippen molar-refractivity contribution in [1.82, 2.24) is 9.97 Å². The first kappa shape index (κ1) is 16.9. The van der Waals surface area contributed by atoms with E-state index in [1.165, 1.54) is 5.56 Å². The third-order valence-electron chi connectivity index (χ3n) is 2.81. The number of anilines is 1. The largest absolute Gasteiger partial charge is 0.459 e. The maximum absolute atomic E-state index is 13.5. The minimum atomic E-state index is -0.543. The van der Waals surface area contributed by atoms with Crippen molar-refractivity contribution in [2.75, 3.05) is 18.7 Å². The van der Waals surface area contributed by atoms with Gasteiger partial charge in [0.2, 0.25) is 0 Å². The lowest BCUT2D eigenvalue weighted by atomic mass is 10.2. The van der Waals surface area contributed by atoms with Crippen molar-refractivity contribution >= 4 is 28.4 Å². The molecule has 0 radical (unpaired) electrons. The van der Waals surface area contributed by atoms with Crippen LogP contribution in [-0.4, -0.2) is 23.3 Å². The van der Waals surface area contributed by atoms with Crippen LogP contribution in [0.1, 0.15) is 18.1 Å². The zero-order valence-electron chi connectivity index (χ0n) is 12.2. The number of rotatable bonds is 8. The van der Waals surface area contributed by atoms with Crippen LogP contribution in [0.4, 0.5) is 10.2 Å². The normalized spacial score (nSPS) is 10.5. The number of ether oxygens (including phenoxy) is 2. The highest BCUT2D eigenvalue weighted by Gasteiger charge is 2.07. The molecule has 0 spiro atoms. The summed E-state index contributed by atoms with van der Waals surface area (Å²) in [6.07, 6.45) is 1.08. The summed E-state index contributed by atoms with van der Waals surface area (Å²) >= 11 is 2.31. The van der Waals surface area contributed by atoms with Crippen LogP contribution in [0.25, 0.3) is 0 Å². The molecular weight excluding hydrogens is 400 g/mol. The van der Waals surface area contributed by atoms with Crippen molar-refractivity contribution < 1.29 is 13.9 Å². The van der Waals surface area contributed by atoms with Gasteiger partial charge < -0.3 is 14.8 Å². The highest BCUT2D eigenvalue weighted by atomic mass is 127. The predicted molar refractivity (Wildman–Crippen MR) is 90.6 cm³/mol. The van der Waals surface area contributed by atoms with E-state index in [-0.39, 0.29) is 18.6 Å². The molecule has 2 rings (SSSR count). The predicted octanol–water partition coefficient (Wildman–Crippen LogP) is 3.54. The summed E-state index contributed by atoms with van der Waals surface area (Å²) in [5, 5.41) is 2.74. The number of nitrogens with zero attached hydrogens (tertiary/aromatic N) is 2. The highest BCUT2D eigenvalue weighted by molar-refractivity contribution is 14.1. The first-order chi connectivity index (χ1) is 10.7. The molecule has 0 bridgehead atoms. The van der Waals surface area contributed by atoms with Gasteiger partial charge in [0.05, 0.1) is 6.20 Å². The number of nitrogens with one attached hydrogen (secondary N) is 1. The Morgan fingerprint density at radius 3 is 2.64 bits per heavy atom. The number of hydrogen-bond donors (Lipinski definition) is 1. The minimum Gasteiger partial charge on any atom is -0.459 e. The van der Waals surface area contributed by atoms with Crippen LogP contribution in [0.3, 0.4) is 0 Å². The van der Waals surface area contributed by atoms with E-state index in [0.29, 0.717) is 13.2 Å². The van der Waals surface area contributed by atoms with Crippen molar-refractivity contribution in [3.05, 3.63) is 47.4 Å². The molecule has 0 atom stereocenters. The van der Waals surface area contributed by atoms with Crippen LogP contribution >= 0.6 is 22.6 Å². The van der Waals surface area contributed by atoms with Gasteiger partial charge in [0.25, 0.3) is 0 Å². The summed E-state index contributed by atoms with van der Waals surface area (Å²) in [7, 11) is 0. The molecule has 0 saturated heterocycles. The summed E-state index contributed by atoms with van der Waals surface area (Å²) in [5.74, 6) is -0.475. The molecule has 0 aliphatic rings. The topological polar surface area (TPSA) is 56.3 Å². The van der Waals surface area contributed by atoms with Gasteiger partial charge in [0.1, 0.15) is 13.3 Å². The molecule has 0 aliphatic heterocycles. The molecule has 1 aromatic carbocycles. The van der Waals surface area contributed by atoms with Crippen LogP contribution < -0.4 is 10.1 Å². The van der Waals surface area contributed by atoms with E-state index in [1.54, 1.807) is 0 Å². The molecule has 118 valence electrons. The van der Waals surface area contributed by atoms with Crippen LogP contribution in [0, 0.1) is 5.82 Å². The minimum absolute atomic E-state index is 0.0682. The summed E-state index contributed by atoms with van der Waals surface area (Å²) in [6.45, 7) is 2.91. The average molecular weight is 417 g/mol. The second-order valence-electron chi connectivity index (χ2n) is 4.40. The van der Waals surface area contributed by atoms with Crippen LogP contribution in [0.2, 0.25) is 0 Å². The first-order valence-electron chi connectivity index (χ1n) is 6.83. The van der Waals surface area contributed by atoms with Gasteiger partial charge in [-0.2, -0.15) is 4.98 Å². The smallest absolute Gasteiger partial charge is 0.318 e. The molecule has 0 aliphatic carbocycles. The number of halogens is 2. The molecule has 7 heteroatoms. The van der Waals surface area contributed by atoms with Crippen LogP contribution in [0.5, 0.6) is 6.01 Å². The molecule has 0 saturated carbocycles. The van der Waals surface area contributed by atoms with Crippen molar-refractivity contribution in [3.63, 3.8) is 0 Å². The van der Waals surface area contributed by atoms with Crippen molar-refractivity contribution in [2.45, 2.75) is 18.0 Å². The Bertz CT molecular complexity index is 596. The lowest BCUT2D eigenvalue weighted by Crippen LogP contribution is -2.10. The zero-order valence-corrected chi connectivity index (χ0v) is 14.3. The Hall–Kier alpha value is -1.48. The lowest BCUT2D eigenvalue weighted by molar-refractivity contribution is 0.166. The van der Waals surface area contributed by atoms with Crippen molar-refractivity contribution in [1.29, 1.82) is 0 Å². The summed E-state index contributed by atoms with van der Waals surface area (Å²) in [6, 6.07) is 8.20. The van der Waals surface area contributed by atoms with Gasteiger partial charge in [0, 0.05) is 11.0 Å². The molecule has 0 amide bonds. The van der Waals surface area contributed by atoms with E-state index >= 15 is 0 Å². The highest BCUT2D eigenvalue weighted by Crippen LogP contribution is 2.15. The fourth-order valence-electron chi connectivity index (χ4n) is 1.64. The third kappa shape index (κ3) is 5.06. The van der Waals surface area contributed by atoms with Gasteiger partial charge in [-0.1, -0.05) is 46.9 Å². The molecular formula is C15H17FIN3O2. The van der Waals surface area contributed by atoms with Gasteiger partial charge in [-0.3, -0.25) is 0 Å². The number of hydrogen-bond acceptors (Lipinski definition) is 5. The van der Waals surface area contributed by atoms with E-state index in [1.807, 2.05) is 31.2 Å². The Labute approximate surface area is 142 Å². The van der Waals surface area contributed by atoms with E-state index < -0.39 is 5.82 Å². The molecule has 0 unspecified atom stereocenters. The summed E-state index contributed by atoms with van der Waals surface area (Å²) < 4.78 is 25.1. The van der Waals surface area contributed by atoms with E-state index in [4.69, 9.17) is 9.47 Å². The molecule has 5 nitrogen and oxygen atoms in total. The van der Waals surface area contributed by atoms with Crippen LogP contribution in [-0.2, 0) is 15.8 Å². The van der Waals surface area contributed by atoms with Crippen molar-refractivity contribution in [2.24, 2.45) is 0 Å². The maximum Gasteiger partial charge on any atom is 0.318 e. The number of aromatic nitrogens is 2. The second-order valence-corrected chi connectivity index (χ2v) is 5.16. The summed E-state index contributed by atoms with van der Waals surface area (Å²) in [5.41, 5.74) is 2.26. The molecule has 2 aromatic rings. The average Bonchev–Trinajstić information content (AvgIpc) is 2.56. The Kier molecular flexibility index (Phi) is 6.78. The Morgan fingerprint density at radius 2 is 1.95 bits per heavy atom. The van der Waals surface area contributed by atoms with Gasteiger partial charge in [0.15, 0.2) is 11.6 Å². The quantitative estimate of drug-likeness (QED) is 0.308. The zero-order chi connectivity index (χ0) is 15.8. The van der Waals surface area contributed by atoms with Gasteiger partial charge in [-0.25, -0.2) is 9.37 Å². The number of alkyl halides is 1. The molecule has 1 N–H and O–H groups in total. The van der Waals surface area contributed by atoms with E-state index in [9.17, 15) is 4.39 Å². The third-order valence-corrected chi connectivity index (χ3v) is 3.69.